The van der Waals surface area contributed by atoms with Gasteiger partial charge in [0.1, 0.15) is 6.04 Å². The van der Waals surface area contributed by atoms with Crippen molar-refractivity contribution in [3.8, 4) is 0 Å². The molecular formula is C14H21F2N3O2. The van der Waals surface area contributed by atoms with Crippen molar-refractivity contribution in [3.05, 3.63) is 17.7 Å². The Morgan fingerprint density at radius 3 is 2.48 bits per heavy atom. The van der Waals surface area contributed by atoms with Gasteiger partial charge < -0.3 is 15.4 Å². The third-order valence-corrected chi connectivity index (χ3v) is 2.89. The number of nitrogens with zero attached hydrogens (tertiary/aromatic N) is 1. The second-order valence-electron chi connectivity index (χ2n) is 4.97. The van der Waals surface area contributed by atoms with Crippen LogP contribution in [0.25, 0.3) is 0 Å². The number of carbonyl (C=O) groups excluding carboxylic acids is 1. The van der Waals surface area contributed by atoms with Crippen LogP contribution in [-0.4, -0.2) is 30.6 Å². The third kappa shape index (κ3) is 4.54. The van der Waals surface area contributed by atoms with Crippen LogP contribution < -0.4 is 10.6 Å². The minimum atomic E-state index is -0.857. The number of aromatic nitrogens is 1. The molecule has 0 bridgehead atoms. The van der Waals surface area contributed by atoms with E-state index in [4.69, 9.17) is 0 Å². The molecule has 0 aliphatic rings. The molecule has 0 radical (unpaired) electrons. The van der Waals surface area contributed by atoms with Crippen molar-refractivity contribution in [2.24, 2.45) is 5.92 Å². The molecule has 0 amide bonds. The van der Waals surface area contributed by atoms with Crippen LogP contribution in [0.15, 0.2) is 6.07 Å². The molecule has 1 atom stereocenters. The number of halogens is 2. The molecule has 0 saturated heterocycles. The number of hydrogen-bond donors (Lipinski definition) is 2. The van der Waals surface area contributed by atoms with E-state index in [1.165, 1.54) is 7.11 Å². The fourth-order valence-electron chi connectivity index (χ4n) is 1.71. The van der Waals surface area contributed by atoms with Gasteiger partial charge in [-0.15, -0.1) is 0 Å². The van der Waals surface area contributed by atoms with Crippen molar-refractivity contribution in [3.63, 3.8) is 0 Å². The highest BCUT2D eigenvalue weighted by molar-refractivity contribution is 5.79. The number of methoxy groups -OCH3 is 1. The number of rotatable bonds is 7. The second kappa shape index (κ2) is 7.75. The lowest BCUT2D eigenvalue weighted by Gasteiger charge is -2.21. The van der Waals surface area contributed by atoms with Crippen molar-refractivity contribution in [2.45, 2.75) is 33.2 Å². The molecule has 0 spiro atoms. The standard InChI is InChI=1S/C14H21F2N3O2/c1-5-6-17-12-9(15)7-10(16)13(19-12)18-11(8(2)3)14(20)21-4/h7-8,11H,5-6H2,1-4H3,(H2,17,18,19). The quantitative estimate of drug-likeness (QED) is 0.758. The Hall–Kier alpha value is -1.92. The monoisotopic (exact) mass is 301 g/mol. The highest BCUT2D eigenvalue weighted by Crippen LogP contribution is 2.21. The van der Waals surface area contributed by atoms with Gasteiger partial charge in [-0.25, -0.2) is 18.6 Å². The van der Waals surface area contributed by atoms with E-state index < -0.39 is 23.6 Å². The zero-order valence-electron chi connectivity index (χ0n) is 12.7. The second-order valence-corrected chi connectivity index (χ2v) is 4.97. The van der Waals surface area contributed by atoms with E-state index in [9.17, 15) is 13.6 Å². The van der Waals surface area contributed by atoms with Gasteiger partial charge in [-0.05, 0) is 12.3 Å². The summed E-state index contributed by atoms with van der Waals surface area (Å²) in [5.41, 5.74) is 0. The Morgan fingerprint density at radius 2 is 1.95 bits per heavy atom. The molecule has 2 N–H and O–H groups in total. The topological polar surface area (TPSA) is 63.2 Å². The van der Waals surface area contributed by atoms with Gasteiger partial charge in [0.2, 0.25) is 0 Å². The molecule has 1 unspecified atom stereocenters. The van der Waals surface area contributed by atoms with Crippen molar-refractivity contribution in [2.75, 3.05) is 24.3 Å². The molecule has 21 heavy (non-hydrogen) atoms. The minimum absolute atomic E-state index is 0.0480. The van der Waals surface area contributed by atoms with E-state index in [0.717, 1.165) is 12.5 Å². The Kier molecular flexibility index (Phi) is 6.33. The molecule has 0 saturated carbocycles. The molecular weight excluding hydrogens is 280 g/mol. The Labute approximate surface area is 123 Å². The van der Waals surface area contributed by atoms with Gasteiger partial charge in [0.05, 0.1) is 7.11 Å². The number of anilines is 2. The lowest BCUT2D eigenvalue weighted by molar-refractivity contribution is -0.142. The summed E-state index contributed by atoms with van der Waals surface area (Å²) in [6.07, 6.45) is 0.776. The van der Waals surface area contributed by atoms with Crippen molar-refractivity contribution in [1.29, 1.82) is 0 Å². The molecule has 1 rings (SSSR count). The first-order chi connectivity index (χ1) is 9.90. The predicted molar refractivity (Wildman–Crippen MR) is 77.2 cm³/mol. The van der Waals surface area contributed by atoms with E-state index in [1.807, 2.05) is 6.92 Å². The molecule has 1 aromatic heterocycles. The van der Waals surface area contributed by atoms with Gasteiger partial charge in [-0.1, -0.05) is 20.8 Å². The highest BCUT2D eigenvalue weighted by atomic mass is 19.1. The number of pyridine rings is 1. The van der Waals surface area contributed by atoms with E-state index >= 15 is 0 Å². The van der Waals surface area contributed by atoms with Crippen LogP contribution in [0.5, 0.6) is 0 Å². The largest absolute Gasteiger partial charge is 0.467 e. The Balaban J connectivity index is 3.02. The SMILES string of the molecule is CCCNc1nc(NC(C(=O)OC)C(C)C)c(F)cc1F. The maximum atomic E-state index is 13.8. The van der Waals surface area contributed by atoms with Crippen LogP contribution in [0.4, 0.5) is 20.4 Å². The minimum Gasteiger partial charge on any atom is -0.467 e. The zero-order chi connectivity index (χ0) is 16.0. The van der Waals surface area contributed by atoms with Crippen LogP contribution in [0.1, 0.15) is 27.2 Å². The summed E-state index contributed by atoms with van der Waals surface area (Å²) in [5.74, 6) is -2.53. The van der Waals surface area contributed by atoms with Crippen molar-refractivity contribution < 1.29 is 18.3 Å². The van der Waals surface area contributed by atoms with Crippen LogP contribution in [0.2, 0.25) is 0 Å². The van der Waals surface area contributed by atoms with Crippen LogP contribution in [0.3, 0.4) is 0 Å². The first-order valence-corrected chi connectivity index (χ1v) is 6.85. The Morgan fingerprint density at radius 1 is 1.33 bits per heavy atom. The van der Waals surface area contributed by atoms with Gasteiger partial charge in [0, 0.05) is 12.6 Å². The van der Waals surface area contributed by atoms with E-state index in [0.29, 0.717) is 6.54 Å². The number of esters is 1. The van der Waals surface area contributed by atoms with E-state index in [1.54, 1.807) is 13.8 Å². The molecule has 0 aliphatic carbocycles. The first-order valence-electron chi connectivity index (χ1n) is 6.85. The normalized spacial score (nSPS) is 12.1. The summed E-state index contributed by atoms with van der Waals surface area (Å²) >= 11 is 0. The smallest absolute Gasteiger partial charge is 0.328 e. The highest BCUT2D eigenvalue weighted by Gasteiger charge is 2.25. The van der Waals surface area contributed by atoms with Gasteiger partial charge in [-0.3, -0.25) is 0 Å². The lowest BCUT2D eigenvalue weighted by atomic mass is 10.0. The summed E-state index contributed by atoms with van der Waals surface area (Å²) < 4.78 is 32.1. The van der Waals surface area contributed by atoms with Crippen LogP contribution in [0, 0.1) is 17.6 Å². The number of ether oxygens (including phenoxy) is 1. The predicted octanol–water partition coefficient (Wildman–Crippen LogP) is 2.79. The molecule has 118 valence electrons. The van der Waals surface area contributed by atoms with Crippen LogP contribution in [-0.2, 0) is 9.53 Å². The van der Waals surface area contributed by atoms with Gasteiger partial charge in [0.25, 0.3) is 0 Å². The molecule has 0 fully saturated rings. The zero-order valence-corrected chi connectivity index (χ0v) is 12.7. The Bertz CT molecular complexity index is 495. The van der Waals surface area contributed by atoms with Gasteiger partial charge in [-0.2, -0.15) is 0 Å². The average molecular weight is 301 g/mol. The molecule has 5 nitrogen and oxygen atoms in total. The van der Waals surface area contributed by atoms with E-state index in [2.05, 4.69) is 20.4 Å². The first kappa shape index (κ1) is 17.1. The summed E-state index contributed by atoms with van der Waals surface area (Å²) in [7, 11) is 1.25. The lowest BCUT2D eigenvalue weighted by Crippen LogP contribution is -2.36. The maximum Gasteiger partial charge on any atom is 0.328 e. The average Bonchev–Trinajstić information content (AvgIpc) is 2.44. The maximum absolute atomic E-state index is 13.8. The molecule has 1 heterocycles. The summed E-state index contributed by atoms with van der Waals surface area (Å²) in [5, 5.41) is 5.44. The van der Waals surface area contributed by atoms with Gasteiger partial charge >= 0.3 is 5.97 Å². The van der Waals surface area contributed by atoms with Crippen molar-refractivity contribution >= 4 is 17.6 Å². The number of hydrogen-bond acceptors (Lipinski definition) is 5. The molecule has 0 aromatic carbocycles. The molecule has 1 aromatic rings. The molecule has 7 heteroatoms. The third-order valence-electron chi connectivity index (χ3n) is 2.89. The number of nitrogens with one attached hydrogen (secondary N) is 2. The molecule has 0 aliphatic heterocycles. The van der Waals surface area contributed by atoms with Crippen LogP contribution >= 0.6 is 0 Å². The van der Waals surface area contributed by atoms with Crippen molar-refractivity contribution in [1.82, 2.24) is 4.98 Å². The fourth-order valence-corrected chi connectivity index (χ4v) is 1.71. The summed E-state index contributed by atoms with van der Waals surface area (Å²) in [6.45, 7) is 6.00. The fraction of sp³-hybridized carbons (Fsp3) is 0.571. The van der Waals surface area contributed by atoms with Gasteiger partial charge in [0.15, 0.2) is 23.3 Å². The number of carbonyl (C=O) groups is 1. The van der Waals surface area contributed by atoms with E-state index in [-0.39, 0.29) is 17.6 Å². The summed E-state index contributed by atoms with van der Waals surface area (Å²) in [4.78, 5) is 15.5. The summed E-state index contributed by atoms with van der Waals surface area (Å²) in [6, 6.07) is -0.0244.